The number of ether oxygens (including phenoxy) is 1. The third-order valence-electron chi connectivity index (χ3n) is 4.65. The smallest absolute Gasteiger partial charge is 0.239 e. The molecule has 150 valence electrons. The first-order valence-corrected chi connectivity index (χ1v) is 11.1. The lowest BCUT2D eigenvalue weighted by Gasteiger charge is -2.15. The number of aromatic nitrogens is 3. The van der Waals surface area contributed by atoms with Crippen LogP contribution >= 0.6 is 23.1 Å². The van der Waals surface area contributed by atoms with Gasteiger partial charge in [0.1, 0.15) is 5.75 Å². The average Bonchev–Trinajstić information content (AvgIpc) is 3.46. The number of carbonyl (C=O) groups is 2. The van der Waals surface area contributed by atoms with Gasteiger partial charge in [-0.15, -0.1) is 21.5 Å². The summed E-state index contributed by atoms with van der Waals surface area (Å²) in [6.45, 7) is 2.50. The molecule has 1 fully saturated rings. The number of methoxy groups -OCH3 is 1. The molecule has 0 saturated carbocycles. The summed E-state index contributed by atoms with van der Waals surface area (Å²) >= 11 is 2.84. The molecule has 0 radical (unpaired) electrons. The largest absolute Gasteiger partial charge is 0.495 e. The van der Waals surface area contributed by atoms with Crippen LogP contribution in [-0.4, -0.2) is 50.9 Å². The predicted molar refractivity (Wildman–Crippen MR) is 113 cm³/mol. The first-order chi connectivity index (χ1) is 14.1. The minimum atomic E-state index is -0.194. The zero-order valence-corrected chi connectivity index (χ0v) is 17.8. The number of thiophene rings is 1. The van der Waals surface area contributed by atoms with Gasteiger partial charge < -0.3 is 4.74 Å². The van der Waals surface area contributed by atoms with Crippen LogP contribution in [0.15, 0.2) is 40.9 Å². The predicted octanol–water partition coefficient (Wildman–Crippen LogP) is 3.55. The third kappa shape index (κ3) is 3.92. The second kappa shape index (κ2) is 8.38. The normalized spacial score (nSPS) is 13.9. The zero-order chi connectivity index (χ0) is 20.4. The maximum Gasteiger partial charge on any atom is 0.239 e. The zero-order valence-electron chi connectivity index (χ0n) is 16.1. The molecule has 1 saturated heterocycles. The van der Waals surface area contributed by atoms with E-state index < -0.39 is 0 Å². The second-order valence-electron chi connectivity index (χ2n) is 6.63. The molecule has 2 amide bonds. The van der Waals surface area contributed by atoms with E-state index in [0.717, 1.165) is 22.5 Å². The van der Waals surface area contributed by atoms with E-state index >= 15 is 0 Å². The number of carbonyl (C=O) groups excluding carboxylic acids is 2. The Morgan fingerprint density at radius 3 is 2.86 bits per heavy atom. The number of nitrogens with zero attached hydrogens (tertiary/aromatic N) is 4. The van der Waals surface area contributed by atoms with Crippen molar-refractivity contribution in [3.05, 3.63) is 41.3 Å². The number of imide groups is 1. The molecule has 3 heterocycles. The lowest BCUT2D eigenvalue weighted by Crippen LogP contribution is -2.33. The minimum absolute atomic E-state index is 0.100. The molecule has 29 heavy (non-hydrogen) atoms. The van der Waals surface area contributed by atoms with Crippen molar-refractivity contribution < 1.29 is 14.3 Å². The van der Waals surface area contributed by atoms with E-state index in [4.69, 9.17) is 4.74 Å². The molecule has 0 spiro atoms. The molecule has 0 bridgehead atoms. The van der Waals surface area contributed by atoms with Crippen LogP contribution in [0.5, 0.6) is 5.75 Å². The number of likely N-dealkylation sites (tertiary alicyclic amines) is 1. The first kappa shape index (κ1) is 19.7. The Morgan fingerprint density at radius 2 is 2.17 bits per heavy atom. The minimum Gasteiger partial charge on any atom is -0.495 e. The lowest BCUT2D eigenvalue weighted by molar-refractivity contribution is -0.140. The number of aryl methyl sites for hydroxylation is 1. The SMILES string of the molecule is COc1ccc(C)cc1-n1c(SCC(=O)N2CCCC2=O)nnc1-c1cccs1. The molecule has 7 nitrogen and oxygen atoms in total. The van der Waals surface area contributed by atoms with Gasteiger partial charge >= 0.3 is 0 Å². The highest BCUT2D eigenvalue weighted by atomic mass is 32.2. The van der Waals surface area contributed by atoms with Gasteiger partial charge in [-0.2, -0.15) is 0 Å². The fraction of sp³-hybridized carbons (Fsp3) is 0.300. The van der Waals surface area contributed by atoms with Crippen molar-refractivity contribution in [2.24, 2.45) is 0 Å². The number of hydrogen-bond donors (Lipinski definition) is 0. The summed E-state index contributed by atoms with van der Waals surface area (Å²) in [6.07, 6.45) is 1.17. The highest BCUT2D eigenvalue weighted by Gasteiger charge is 2.27. The van der Waals surface area contributed by atoms with Gasteiger partial charge in [0.05, 0.1) is 23.4 Å². The monoisotopic (exact) mass is 428 g/mol. The molecule has 4 rings (SSSR count). The Labute approximate surface area is 176 Å². The van der Waals surface area contributed by atoms with Crippen LogP contribution in [0.4, 0.5) is 0 Å². The Hall–Kier alpha value is -2.65. The Balaban J connectivity index is 1.71. The summed E-state index contributed by atoms with van der Waals surface area (Å²) < 4.78 is 7.49. The average molecular weight is 429 g/mol. The van der Waals surface area contributed by atoms with Gasteiger partial charge in [0.25, 0.3) is 0 Å². The maximum atomic E-state index is 12.5. The van der Waals surface area contributed by atoms with Crippen molar-refractivity contribution >= 4 is 34.9 Å². The van der Waals surface area contributed by atoms with Gasteiger partial charge in [0.15, 0.2) is 11.0 Å². The van der Waals surface area contributed by atoms with Crippen molar-refractivity contribution in [2.75, 3.05) is 19.4 Å². The van der Waals surface area contributed by atoms with E-state index in [2.05, 4.69) is 10.2 Å². The summed E-state index contributed by atoms with van der Waals surface area (Å²) in [7, 11) is 1.62. The third-order valence-corrected chi connectivity index (χ3v) is 6.43. The molecule has 0 unspecified atom stereocenters. The van der Waals surface area contributed by atoms with Crippen molar-refractivity contribution in [3.63, 3.8) is 0 Å². The molecular weight excluding hydrogens is 408 g/mol. The molecular formula is C20H20N4O3S2. The molecule has 0 atom stereocenters. The molecule has 3 aromatic rings. The molecule has 1 aliphatic rings. The maximum absolute atomic E-state index is 12.5. The second-order valence-corrected chi connectivity index (χ2v) is 8.52. The van der Waals surface area contributed by atoms with Gasteiger partial charge in [-0.05, 0) is 42.5 Å². The van der Waals surface area contributed by atoms with Crippen molar-refractivity contribution in [2.45, 2.75) is 24.9 Å². The van der Waals surface area contributed by atoms with Gasteiger partial charge in [-0.25, -0.2) is 0 Å². The Kier molecular flexibility index (Phi) is 5.68. The summed E-state index contributed by atoms with van der Waals surface area (Å²) in [5.74, 6) is 1.22. The topological polar surface area (TPSA) is 77.3 Å². The summed E-state index contributed by atoms with van der Waals surface area (Å²) in [5.41, 5.74) is 1.88. The fourth-order valence-corrected chi connectivity index (χ4v) is 4.76. The Morgan fingerprint density at radius 1 is 1.31 bits per heavy atom. The van der Waals surface area contributed by atoms with E-state index in [9.17, 15) is 9.59 Å². The van der Waals surface area contributed by atoms with E-state index in [1.165, 1.54) is 16.7 Å². The van der Waals surface area contributed by atoms with Gasteiger partial charge in [-0.3, -0.25) is 19.1 Å². The molecule has 1 aliphatic heterocycles. The highest BCUT2D eigenvalue weighted by molar-refractivity contribution is 7.99. The number of rotatable bonds is 6. The number of thioether (sulfide) groups is 1. The molecule has 9 heteroatoms. The van der Waals surface area contributed by atoms with Gasteiger partial charge in [-0.1, -0.05) is 23.9 Å². The number of benzene rings is 1. The van der Waals surface area contributed by atoms with Crippen LogP contribution in [0.1, 0.15) is 18.4 Å². The van der Waals surface area contributed by atoms with E-state index in [0.29, 0.717) is 29.7 Å². The Bertz CT molecular complexity index is 1050. The van der Waals surface area contributed by atoms with Crippen molar-refractivity contribution in [3.8, 4) is 22.1 Å². The lowest BCUT2D eigenvalue weighted by atomic mass is 10.2. The summed E-state index contributed by atoms with van der Waals surface area (Å²) in [6, 6.07) is 9.84. The van der Waals surface area contributed by atoms with E-state index in [-0.39, 0.29) is 17.6 Å². The first-order valence-electron chi connectivity index (χ1n) is 9.19. The standard InChI is InChI=1S/C20H20N4O3S2/c1-13-7-8-15(27-2)14(11-13)24-19(16-5-4-10-28-16)21-22-20(24)29-12-18(26)23-9-3-6-17(23)25/h4-5,7-8,10-11H,3,6,9,12H2,1-2H3. The van der Waals surface area contributed by atoms with Crippen LogP contribution in [0.25, 0.3) is 16.4 Å². The molecule has 1 aromatic carbocycles. The van der Waals surface area contributed by atoms with Crippen LogP contribution in [0.2, 0.25) is 0 Å². The van der Waals surface area contributed by atoms with Crippen LogP contribution in [0.3, 0.4) is 0 Å². The summed E-state index contributed by atoms with van der Waals surface area (Å²) in [5, 5.41) is 11.3. The van der Waals surface area contributed by atoms with E-state index in [1.54, 1.807) is 18.4 Å². The van der Waals surface area contributed by atoms with Gasteiger partial charge in [0, 0.05) is 13.0 Å². The molecule has 2 aromatic heterocycles. The molecule has 0 aliphatic carbocycles. The fourth-order valence-electron chi connectivity index (χ4n) is 3.24. The van der Waals surface area contributed by atoms with E-state index in [1.807, 2.05) is 47.2 Å². The van der Waals surface area contributed by atoms with Crippen LogP contribution < -0.4 is 4.74 Å². The van der Waals surface area contributed by atoms with Crippen LogP contribution in [-0.2, 0) is 9.59 Å². The quantitative estimate of drug-likeness (QED) is 0.559. The van der Waals surface area contributed by atoms with Crippen molar-refractivity contribution in [1.82, 2.24) is 19.7 Å². The van der Waals surface area contributed by atoms with Crippen molar-refractivity contribution in [1.29, 1.82) is 0 Å². The summed E-state index contributed by atoms with van der Waals surface area (Å²) in [4.78, 5) is 26.6. The molecule has 0 N–H and O–H groups in total. The van der Waals surface area contributed by atoms with Crippen LogP contribution in [0, 0.1) is 6.92 Å². The number of hydrogen-bond acceptors (Lipinski definition) is 7. The van der Waals surface area contributed by atoms with Gasteiger partial charge in [0.2, 0.25) is 11.8 Å². The highest BCUT2D eigenvalue weighted by Crippen LogP contribution is 2.34. The number of amides is 2.